The Labute approximate surface area is 128 Å². The largest absolute Gasteiger partial charge is 0.377 e. The van der Waals surface area contributed by atoms with E-state index in [4.69, 9.17) is 16.3 Å². The molecule has 0 bridgehead atoms. The SMILES string of the molecule is COCc1nc(Cl)cc(Nc2ccc(F)cc2I)n1. The summed E-state index contributed by atoms with van der Waals surface area (Å²) >= 11 is 7.95. The molecule has 0 unspecified atom stereocenters. The number of ether oxygens (including phenoxy) is 1. The van der Waals surface area contributed by atoms with Crippen LogP contribution in [-0.2, 0) is 11.3 Å². The Balaban J connectivity index is 2.27. The zero-order valence-corrected chi connectivity index (χ0v) is 12.9. The number of halogens is 3. The average Bonchev–Trinajstić information content (AvgIpc) is 2.32. The molecule has 0 aliphatic carbocycles. The van der Waals surface area contributed by atoms with Crippen molar-refractivity contribution in [2.45, 2.75) is 6.61 Å². The lowest BCUT2D eigenvalue weighted by Crippen LogP contribution is -2.02. The molecule has 1 heterocycles. The van der Waals surface area contributed by atoms with Gasteiger partial charge in [-0.1, -0.05) is 11.6 Å². The predicted octanol–water partition coefficient (Wildman–Crippen LogP) is 3.76. The van der Waals surface area contributed by atoms with Gasteiger partial charge in [-0.15, -0.1) is 0 Å². The molecule has 0 amide bonds. The van der Waals surface area contributed by atoms with Gasteiger partial charge in [-0.05, 0) is 40.8 Å². The number of rotatable bonds is 4. The molecule has 1 aromatic heterocycles. The van der Waals surface area contributed by atoms with Gasteiger partial charge in [-0.3, -0.25) is 0 Å². The van der Waals surface area contributed by atoms with Gasteiger partial charge in [0, 0.05) is 16.7 Å². The summed E-state index contributed by atoms with van der Waals surface area (Å²) in [7, 11) is 1.56. The third-order valence-corrected chi connectivity index (χ3v) is 3.29. The van der Waals surface area contributed by atoms with Gasteiger partial charge in [0.05, 0.1) is 5.69 Å². The summed E-state index contributed by atoms with van der Waals surface area (Å²) in [6.45, 7) is 0.274. The summed E-state index contributed by atoms with van der Waals surface area (Å²) in [6, 6.07) is 6.05. The first-order valence-corrected chi connectivity index (χ1v) is 6.78. The van der Waals surface area contributed by atoms with Crippen LogP contribution in [0.5, 0.6) is 0 Å². The van der Waals surface area contributed by atoms with E-state index in [1.54, 1.807) is 19.2 Å². The lowest BCUT2D eigenvalue weighted by molar-refractivity contribution is 0.178. The van der Waals surface area contributed by atoms with Crippen LogP contribution < -0.4 is 5.32 Å². The van der Waals surface area contributed by atoms with Gasteiger partial charge in [0.1, 0.15) is 23.4 Å². The second-order valence-electron chi connectivity index (χ2n) is 3.67. The van der Waals surface area contributed by atoms with Crippen molar-refractivity contribution in [2.75, 3.05) is 12.4 Å². The van der Waals surface area contributed by atoms with Crippen molar-refractivity contribution in [3.63, 3.8) is 0 Å². The number of methoxy groups -OCH3 is 1. The maximum absolute atomic E-state index is 13.0. The Hall–Kier alpha value is -0.990. The first-order valence-electron chi connectivity index (χ1n) is 5.33. The number of hydrogen-bond acceptors (Lipinski definition) is 4. The topological polar surface area (TPSA) is 47.0 Å². The molecule has 0 spiro atoms. The van der Waals surface area contributed by atoms with E-state index in [1.165, 1.54) is 12.1 Å². The van der Waals surface area contributed by atoms with Crippen LogP contribution in [0.25, 0.3) is 0 Å². The molecule has 0 saturated heterocycles. The van der Waals surface area contributed by atoms with Crippen LogP contribution in [0.4, 0.5) is 15.9 Å². The fourth-order valence-corrected chi connectivity index (χ4v) is 2.26. The third-order valence-electron chi connectivity index (χ3n) is 2.21. The van der Waals surface area contributed by atoms with E-state index < -0.39 is 0 Å². The molecule has 0 aliphatic heterocycles. The number of aromatic nitrogens is 2. The smallest absolute Gasteiger partial charge is 0.158 e. The van der Waals surface area contributed by atoms with Crippen molar-refractivity contribution in [3.05, 3.63) is 44.6 Å². The van der Waals surface area contributed by atoms with Gasteiger partial charge < -0.3 is 10.1 Å². The van der Waals surface area contributed by atoms with E-state index in [1.807, 2.05) is 22.6 Å². The van der Waals surface area contributed by atoms with E-state index in [-0.39, 0.29) is 12.4 Å². The standard InChI is InChI=1S/C12H10ClFIN3O/c1-19-6-12-17-10(13)5-11(18-12)16-9-3-2-7(14)4-8(9)15/h2-5H,6H2,1H3,(H,16,17,18). The maximum Gasteiger partial charge on any atom is 0.158 e. The van der Waals surface area contributed by atoms with Crippen molar-refractivity contribution >= 4 is 45.7 Å². The van der Waals surface area contributed by atoms with E-state index in [0.717, 1.165) is 9.26 Å². The van der Waals surface area contributed by atoms with Gasteiger partial charge in [-0.2, -0.15) is 0 Å². The molecule has 7 heteroatoms. The molecule has 2 rings (SSSR count). The highest BCUT2D eigenvalue weighted by Crippen LogP contribution is 2.23. The minimum Gasteiger partial charge on any atom is -0.377 e. The molecule has 2 aromatic rings. The Morgan fingerprint density at radius 1 is 1.37 bits per heavy atom. The molecule has 0 radical (unpaired) electrons. The average molecular weight is 394 g/mol. The zero-order valence-electron chi connectivity index (χ0n) is 9.95. The highest BCUT2D eigenvalue weighted by molar-refractivity contribution is 14.1. The number of hydrogen-bond donors (Lipinski definition) is 1. The van der Waals surface area contributed by atoms with E-state index in [2.05, 4.69) is 15.3 Å². The van der Waals surface area contributed by atoms with Gasteiger partial charge in [-0.25, -0.2) is 14.4 Å². The van der Waals surface area contributed by atoms with Crippen LogP contribution in [0.15, 0.2) is 24.3 Å². The van der Waals surface area contributed by atoms with Crippen LogP contribution >= 0.6 is 34.2 Å². The second kappa shape index (κ2) is 6.44. The fraction of sp³-hybridized carbons (Fsp3) is 0.167. The lowest BCUT2D eigenvalue weighted by Gasteiger charge is -2.09. The van der Waals surface area contributed by atoms with Crippen LogP contribution in [0, 0.1) is 9.39 Å². The first kappa shape index (κ1) is 14.4. The van der Waals surface area contributed by atoms with Crippen molar-refractivity contribution in [3.8, 4) is 0 Å². The third kappa shape index (κ3) is 3.99. The van der Waals surface area contributed by atoms with Gasteiger partial charge in [0.25, 0.3) is 0 Å². The van der Waals surface area contributed by atoms with E-state index in [0.29, 0.717) is 16.8 Å². The Bertz CT molecular complexity index is 597. The summed E-state index contributed by atoms with van der Waals surface area (Å²) < 4.78 is 18.7. The summed E-state index contributed by atoms with van der Waals surface area (Å²) in [5.41, 5.74) is 0.750. The molecule has 0 saturated carbocycles. The maximum atomic E-state index is 13.0. The van der Waals surface area contributed by atoms with Crippen molar-refractivity contribution < 1.29 is 9.13 Å². The summed E-state index contributed by atoms with van der Waals surface area (Å²) in [4.78, 5) is 8.28. The van der Waals surface area contributed by atoms with Crippen molar-refractivity contribution in [1.29, 1.82) is 0 Å². The molecule has 1 aromatic carbocycles. The van der Waals surface area contributed by atoms with E-state index >= 15 is 0 Å². The van der Waals surface area contributed by atoms with Crippen molar-refractivity contribution in [2.24, 2.45) is 0 Å². The van der Waals surface area contributed by atoms with Gasteiger partial charge in [0.15, 0.2) is 5.82 Å². The lowest BCUT2D eigenvalue weighted by atomic mass is 10.3. The number of nitrogens with one attached hydrogen (secondary N) is 1. The van der Waals surface area contributed by atoms with Crippen molar-refractivity contribution in [1.82, 2.24) is 9.97 Å². The molecule has 100 valence electrons. The molecule has 4 nitrogen and oxygen atoms in total. The number of nitrogens with zero attached hydrogens (tertiary/aromatic N) is 2. The molecular weight excluding hydrogens is 384 g/mol. The number of anilines is 2. The molecule has 0 aliphatic rings. The molecule has 19 heavy (non-hydrogen) atoms. The molecular formula is C12H10ClFIN3O. The quantitative estimate of drug-likeness (QED) is 0.635. The summed E-state index contributed by atoms with van der Waals surface area (Å²) in [5.74, 6) is 0.738. The predicted molar refractivity (Wildman–Crippen MR) is 80.2 cm³/mol. The summed E-state index contributed by atoms with van der Waals surface area (Å²) in [5, 5.41) is 3.39. The first-order chi connectivity index (χ1) is 9.08. The minimum atomic E-state index is -0.282. The molecule has 1 N–H and O–H groups in total. The highest BCUT2D eigenvalue weighted by Gasteiger charge is 2.06. The van der Waals surface area contributed by atoms with Crippen LogP contribution in [0.1, 0.15) is 5.82 Å². The molecule has 0 fully saturated rings. The second-order valence-corrected chi connectivity index (χ2v) is 5.22. The van der Waals surface area contributed by atoms with Crippen LogP contribution in [-0.4, -0.2) is 17.1 Å². The summed E-state index contributed by atoms with van der Waals surface area (Å²) in [6.07, 6.45) is 0. The highest BCUT2D eigenvalue weighted by atomic mass is 127. The number of benzene rings is 1. The monoisotopic (exact) mass is 393 g/mol. The van der Waals surface area contributed by atoms with Crippen LogP contribution in [0.2, 0.25) is 5.15 Å². The fourth-order valence-electron chi connectivity index (χ4n) is 1.45. The zero-order chi connectivity index (χ0) is 13.8. The van der Waals surface area contributed by atoms with E-state index in [9.17, 15) is 4.39 Å². The Morgan fingerprint density at radius 2 is 2.16 bits per heavy atom. The van der Waals surface area contributed by atoms with Gasteiger partial charge in [0.2, 0.25) is 0 Å². The Morgan fingerprint density at radius 3 is 2.84 bits per heavy atom. The molecule has 0 atom stereocenters. The van der Waals surface area contributed by atoms with Gasteiger partial charge >= 0.3 is 0 Å². The minimum absolute atomic E-state index is 0.274. The van der Waals surface area contributed by atoms with Crippen LogP contribution in [0.3, 0.4) is 0 Å². The Kier molecular flexibility index (Phi) is 4.89. The normalized spacial score (nSPS) is 10.5.